The second-order valence-corrected chi connectivity index (χ2v) is 8.80. The van der Waals surface area contributed by atoms with Gasteiger partial charge in [-0.25, -0.2) is 17.6 Å². The molecule has 1 saturated heterocycles. The van der Waals surface area contributed by atoms with Crippen LogP contribution in [0, 0.1) is 23.4 Å². The maximum Gasteiger partial charge on any atom is 0.237 e. The van der Waals surface area contributed by atoms with E-state index in [0.717, 1.165) is 24.5 Å². The zero-order valence-electron chi connectivity index (χ0n) is 17.2. The Morgan fingerprint density at radius 3 is 2.47 bits per heavy atom. The molecule has 3 N–H and O–H groups in total. The predicted molar refractivity (Wildman–Crippen MR) is 113 cm³/mol. The van der Waals surface area contributed by atoms with Crippen molar-refractivity contribution in [3.05, 3.63) is 59.4 Å². The highest BCUT2D eigenvalue weighted by Crippen LogP contribution is 2.48. The van der Waals surface area contributed by atoms with Gasteiger partial charge < -0.3 is 15.6 Å². The van der Waals surface area contributed by atoms with Gasteiger partial charge in [0.15, 0.2) is 0 Å². The first kappa shape index (κ1) is 21.0. The molecular formula is C24H23F4N3O. The molecule has 1 aliphatic carbocycles. The molecule has 2 aliphatic rings. The molecule has 5 rings (SSSR count). The molecule has 0 spiro atoms. The largest absolute Gasteiger partial charge is 0.354 e. The number of carbonyl (C=O) groups is 1. The van der Waals surface area contributed by atoms with Crippen molar-refractivity contribution in [3.63, 3.8) is 0 Å². The smallest absolute Gasteiger partial charge is 0.237 e. The molecule has 32 heavy (non-hydrogen) atoms. The third kappa shape index (κ3) is 3.88. The van der Waals surface area contributed by atoms with Crippen molar-refractivity contribution in [2.45, 2.75) is 37.4 Å². The van der Waals surface area contributed by atoms with E-state index in [9.17, 15) is 22.4 Å². The van der Waals surface area contributed by atoms with Crippen LogP contribution in [-0.2, 0) is 4.79 Å². The number of hydrogen-bond acceptors (Lipinski definition) is 2. The molecule has 2 unspecified atom stereocenters. The number of H-pyrrole nitrogens is 1. The average molecular weight is 445 g/mol. The van der Waals surface area contributed by atoms with Crippen molar-refractivity contribution in [2.24, 2.45) is 5.92 Å². The molecule has 1 aliphatic heterocycles. The quantitative estimate of drug-likeness (QED) is 0.505. The van der Waals surface area contributed by atoms with E-state index in [1.165, 1.54) is 18.2 Å². The Hall–Kier alpha value is -2.87. The second-order valence-electron chi connectivity index (χ2n) is 8.80. The van der Waals surface area contributed by atoms with Gasteiger partial charge in [0.2, 0.25) is 5.91 Å². The van der Waals surface area contributed by atoms with Crippen LogP contribution in [0.5, 0.6) is 0 Å². The molecule has 0 bridgehead atoms. The number of amides is 1. The SMILES string of the molecule is O=C(NCC1CC(c2c(-c3ccc(F)cc3)[nH]c3c(F)cc(F)cc23)C1)C1CC(F)CN1. The highest BCUT2D eigenvalue weighted by Gasteiger charge is 2.36. The Balaban J connectivity index is 1.35. The lowest BCUT2D eigenvalue weighted by atomic mass is 9.70. The number of aromatic amines is 1. The van der Waals surface area contributed by atoms with Gasteiger partial charge >= 0.3 is 0 Å². The van der Waals surface area contributed by atoms with E-state index < -0.39 is 23.8 Å². The summed E-state index contributed by atoms with van der Waals surface area (Å²) < 4.78 is 55.2. The number of carbonyl (C=O) groups excluding carboxylic acids is 1. The summed E-state index contributed by atoms with van der Waals surface area (Å²) in [6.07, 6.45) is 0.672. The number of halogens is 4. The van der Waals surface area contributed by atoms with Crippen molar-refractivity contribution in [2.75, 3.05) is 13.1 Å². The molecule has 2 fully saturated rings. The zero-order valence-corrected chi connectivity index (χ0v) is 17.2. The van der Waals surface area contributed by atoms with E-state index in [0.29, 0.717) is 23.2 Å². The maximum absolute atomic E-state index is 14.5. The summed E-state index contributed by atoms with van der Waals surface area (Å²) in [6.45, 7) is 0.671. The molecule has 3 aromatic rings. The van der Waals surface area contributed by atoms with Gasteiger partial charge in [-0.1, -0.05) is 0 Å². The highest BCUT2D eigenvalue weighted by atomic mass is 19.1. The van der Waals surface area contributed by atoms with Gasteiger partial charge in [0.1, 0.15) is 23.6 Å². The molecule has 2 heterocycles. The van der Waals surface area contributed by atoms with Gasteiger partial charge in [0.25, 0.3) is 0 Å². The van der Waals surface area contributed by atoms with Gasteiger partial charge in [0.05, 0.1) is 17.3 Å². The van der Waals surface area contributed by atoms with Crippen LogP contribution in [0.4, 0.5) is 17.6 Å². The van der Waals surface area contributed by atoms with Crippen molar-refractivity contribution in [1.82, 2.24) is 15.6 Å². The van der Waals surface area contributed by atoms with Crippen LogP contribution in [0.15, 0.2) is 36.4 Å². The van der Waals surface area contributed by atoms with E-state index in [4.69, 9.17) is 0 Å². The van der Waals surface area contributed by atoms with Crippen molar-refractivity contribution < 1.29 is 22.4 Å². The normalized spacial score (nSPS) is 25.1. The molecule has 2 aromatic carbocycles. The lowest BCUT2D eigenvalue weighted by Gasteiger charge is -2.36. The molecule has 0 radical (unpaired) electrons. The molecule has 1 saturated carbocycles. The van der Waals surface area contributed by atoms with Gasteiger partial charge in [-0.15, -0.1) is 0 Å². The van der Waals surface area contributed by atoms with Crippen LogP contribution in [-0.4, -0.2) is 36.2 Å². The first-order valence-electron chi connectivity index (χ1n) is 10.8. The van der Waals surface area contributed by atoms with Crippen LogP contribution in [0.1, 0.15) is 30.7 Å². The van der Waals surface area contributed by atoms with Crippen LogP contribution in [0.2, 0.25) is 0 Å². The Kier molecular flexibility index (Phi) is 5.41. The maximum atomic E-state index is 14.5. The molecule has 4 nitrogen and oxygen atoms in total. The van der Waals surface area contributed by atoms with Crippen LogP contribution in [0.3, 0.4) is 0 Å². The van der Waals surface area contributed by atoms with Crippen LogP contribution < -0.4 is 10.6 Å². The summed E-state index contributed by atoms with van der Waals surface area (Å²) in [4.78, 5) is 15.3. The first-order valence-corrected chi connectivity index (χ1v) is 10.8. The van der Waals surface area contributed by atoms with Crippen molar-refractivity contribution >= 4 is 16.8 Å². The fourth-order valence-corrected chi connectivity index (χ4v) is 4.91. The van der Waals surface area contributed by atoms with Crippen molar-refractivity contribution in [1.29, 1.82) is 0 Å². The monoisotopic (exact) mass is 445 g/mol. The van der Waals surface area contributed by atoms with Gasteiger partial charge in [-0.3, -0.25) is 4.79 Å². The van der Waals surface area contributed by atoms with Gasteiger partial charge in [-0.2, -0.15) is 0 Å². The molecule has 168 valence electrons. The summed E-state index contributed by atoms with van der Waals surface area (Å²) >= 11 is 0. The van der Waals surface area contributed by atoms with E-state index in [-0.39, 0.29) is 42.0 Å². The van der Waals surface area contributed by atoms with E-state index in [1.807, 2.05) is 0 Å². The number of rotatable bonds is 5. The van der Waals surface area contributed by atoms with Gasteiger partial charge in [-0.05, 0) is 66.1 Å². The first-order chi connectivity index (χ1) is 15.4. The number of fused-ring (bicyclic) bond motifs is 1. The summed E-state index contributed by atoms with van der Waals surface area (Å²) in [5, 5.41) is 6.24. The minimum atomic E-state index is -0.994. The summed E-state index contributed by atoms with van der Waals surface area (Å²) in [6, 6.07) is 7.56. The summed E-state index contributed by atoms with van der Waals surface area (Å²) in [5.74, 6) is -1.63. The molecule has 2 atom stereocenters. The molecule has 8 heteroatoms. The van der Waals surface area contributed by atoms with E-state index in [1.54, 1.807) is 12.1 Å². The van der Waals surface area contributed by atoms with Gasteiger partial charge in [0, 0.05) is 31.0 Å². The zero-order chi connectivity index (χ0) is 22.4. The minimum Gasteiger partial charge on any atom is -0.354 e. The number of nitrogens with one attached hydrogen (secondary N) is 3. The summed E-state index contributed by atoms with van der Waals surface area (Å²) in [7, 11) is 0. The second kappa shape index (κ2) is 8.24. The third-order valence-corrected chi connectivity index (χ3v) is 6.60. The van der Waals surface area contributed by atoms with E-state index in [2.05, 4.69) is 15.6 Å². The number of alkyl halides is 1. The Bertz CT molecular complexity index is 1150. The van der Waals surface area contributed by atoms with Crippen molar-refractivity contribution in [3.8, 4) is 11.3 Å². The number of benzene rings is 2. The minimum absolute atomic E-state index is 0.0479. The predicted octanol–water partition coefficient (Wildman–Crippen LogP) is 4.56. The molecule has 1 aromatic heterocycles. The van der Waals surface area contributed by atoms with E-state index >= 15 is 0 Å². The fraction of sp³-hybridized carbons (Fsp3) is 0.375. The lowest BCUT2D eigenvalue weighted by molar-refractivity contribution is -0.123. The number of hydrogen-bond donors (Lipinski definition) is 3. The Morgan fingerprint density at radius 2 is 1.78 bits per heavy atom. The Labute approximate surface area is 182 Å². The topological polar surface area (TPSA) is 56.9 Å². The third-order valence-electron chi connectivity index (χ3n) is 6.60. The lowest BCUT2D eigenvalue weighted by Crippen LogP contribution is -2.43. The van der Waals surface area contributed by atoms with Crippen LogP contribution in [0.25, 0.3) is 22.2 Å². The number of aromatic nitrogens is 1. The Morgan fingerprint density at radius 1 is 1.03 bits per heavy atom. The fourth-order valence-electron chi connectivity index (χ4n) is 4.91. The average Bonchev–Trinajstić information content (AvgIpc) is 3.32. The standard InChI is InChI=1S/C24H23F4N3O/c25-15-3-1-13(2-4-15)22-21(18-7-16(26)8-19(28)23(18)31-22)14-5-12(6-14)10-30-24(32)20-9-17(27)11-29-20/h1-4,7-8,12,14,17,20,29,31H,5-6,9-11H2,(H,30,32). The molecular weight excluding hydrogens is 422 g/mol. The highest BCUT2D eigenvalue weighted by molar-refractivity contribution is 5.92. The summed E-state index contributed by atoms with van der Waals surface area (Å²) in [5.41, 5.74) is 2.39. The van der Waals surface area contributed by atoms with Crippen LogP contribution >= 0.6 is 0 Å². The molecule has 1 amide bonds.